The average Bonchev–Trinajstić information content (AvgIpc) is 3.51. The summed E-state index contributed by atoms with van der Waals surface area (Å²) in [4.78, 5) is 37.6. The van der Waals surface area contributed by atoms with Crippen molar-refractivity contribution in [3.05, 3.63) is 58.4 Å². The van der Waals surface area contributed by atoms with Gasteiger partial charge in [-0.15, -0.1) is 0 Å². The molecule has 1 saturated carbocycles. The Balaban J connectivity index is 1.14. The van der Waals surface area contributed by atoms with Gasteiger partial charge >= 0.3 is 6.03 Å². The smallest absolute Gasteiger partial charge is 0.321 e. The molecule has 7 nitrogen and oxygen atoms in total. The van der Waals surface area contributed by atoms with E-state index in [1.54, 1.807) is 6.20 Å². The summed E-state index contributed by atoms with van der Waals surface area (Å²) in [6, 6.07) is 8.31. The molecule has 2 unspecified atom stereocenters. The topological polar surface area (TPSA) is 68.8 Å². The summed E-state index contributed by atoms with van der Waals surface area (Å²) in [5.41, 5.74) is 6.04. The molecule has 0 bridgehead atoms. The predicted molar refractivity (Wildman–Crippen MR) is 161 cm³/mol. The third kappa shape index (κ3) is 6.51. The Hall–Kier alpha value is -2.93. The highest BCUT2D eigenvalue weighted by atomic mass is 16.2. The largest absolute Gasteiger partial charge is 0.338 e. The van der Waals surface area contributed by atoms with Gasteiger partial charge in [0.2, 0.25) is 0 Å². The number of hydrogen-bond acceptors (Lipinski definition) is 4. The van der Waals surface area contributed by atoms with Crippen LogP contribution in [0.1, 0.15) is 71.3 Å². The number of likely N-dealkylation sites (tertiary alicyclic amines) is 2. The van der Waals surface area contributed by atoms with Crippen LogP contribution in [0.5, 0.6) is 0 Å². The van der Waals surface area contributed by atoms with E-state index < -0.39 is 0 Å². The predicted octanol–water partition coefficient (Wildman–Crippen LogP) is 5.51. The second-order valence-corrected chi connectivity index (χ2v) is 12.5. The van der Waals surface area contributed by atoms with Crippen molar-refractivity contribution in [2.75, 3.05) is 50.7 Å². The number of aryl methyl sites for hydroxylation is 4. The van der Waals surface area contributed by atoms with E-state index in [9.17, 15) is 9.59 Å². The van der Waals surface area contributed by atoms with Crippen molar-refractivity contribution in [3.8, 4) is 0 Å². The van der Waals surface area contributed by atoms with Crippen LogP contribution in [0.25, 0.3) is 0 Å². The number of hydrogen-bond donors (Lipinski definition) is 1. The van der Waals surface area contributed by atoms with Gasteiger partial charge in [-0.1, -0.05) is 25.3 Å². The van der Waals surface area contributed by atoms with Crippen molar-refractivity contribution in [2.45, 2.75) is 66.2 Å². The molecule has 0 radical (unpaired) electrons. The summed E-state index contributed by atoms with van der Waals surface area (Å²) in [5, 5.41) is 3.26. The lowest BCUT2D eigenvalue weighted by Crippen LogP contribution is -2.43. The Morgan fingerprint density at radius 2 is 1.65 bits per heavy atom. The molecule has 5 rings (SSSR count). The Kier molecular flexibility index (Phi) is 9.09. The minimum atomic E-state index is 0.0299. The highest BCUT2D eigenvalue weighted by Gasteiger charge is 2.42. The number of aromatic nitrogens is 1. The Morgan fingerprint density at radius 1 is 0.925 bits per heavy atom. The number of carbonyl (C=O) groups excluding carboxylic acids is 2. The maximum atomic E-state index is 13.4. The van der Waals surface area contributed by atoms with E-state index in [1.165, 1.54) is 43.2 Å². The van der Waals surface area contributed by atoms with Crippen molar-refractivity contribution in [1.82, 2.24) is 20.1 Å². The summed E-state index contributed by atoms with van der Waals surface area (Å²) < 4.78 is 0. The molecule has 7 heteroatoms. The second kappa shape index (κ2) is 12.7. The summed E-state index contributed by atoms with van der Waals surface area (Å²) in [7, 11) is 0. The molecular weight excluding hydrogens is 498 g/mol. The van der Waals surface area contributed by atoms with Crippen molar-refractivity contribution in [1.29, 1.82) is 0 Å². The molecule has 3 heterocycles. The maximum Gasteiger partial charge on any atom is 0.321 e. The summed E-state index contributed by atoms with van der Waals surface area (Å²) >= 11 is 0. The van der Waals surface area contributed by atoms with Crippen molar-refractivity contribution >= 4 is 17.6 Å². The molecule has 2 saturated heterocycles. The lowest BCUT2D eigenvalue weighted by Gasteiger charge is -2.28. The molecule has 1 aliphatic carbocycles. The minimum Gasteiger partial charge on any atom is -0.338 e. The van der Waals surface area contributed by atoms with Gasteiger partial charge in [0, 0.05) is 51.2 Å². The Bertz CT molecular complexity index is 1170. The number of amides is 3. The first-order chi connectivity index (χ1) is 19.3. The van der Waals surface area contributed by atoms with Gasteiger partial charge < -0.3 is 15.1 Å². The molecule has 2 atom stereocenters. The van der Waals surface area contributed by atoms with Crippen molar-refractivity contribution < 1.29 is 9.59 Å². The van der Waals surface area contributed by atoms with Crippen LogP contribution in [0.15, 0.2) is 30.5 Å². The van der Waals surface area contributed by atoms with E-state index in [-0.39, 0.29) is 11.9 Å². The Labute approximate surface area is 240 Å². The standard InChI is InChI=1S/C33H47N5O2/c1-23-11-12-30(17-25(23)3)38(33(40)35-18-27-9-6-5-7-10-27)16-8-15-36-19-28-21-37(22-29(28)20-36)32(39)31-24(2)13-14-34-26(31)4/h11-14,17,27-29H,5-10,15-16,18-22H2,1-4H3,(H,35,40). The molecule has 3 aliphatic rings. The first-order valence-corrected chi connectivity index (χ1v) is 15.4. The van der Waals surface area contributed by atoms with E-state index in [4.69, 9.17) is 0 Å². The number of rotatable bonds is 8. The monoisotopic (exact) mass is 545 g/mol. The SMILES string of the molecule is Cc1ccc(N(CCCN2CC3CN(C(=O)c4c(C)ccnc4C)CC3C2)C(=O)NCC2CCCCC2)cc1C. The third-order valence-corrected chi connectivity index (χ3v) is 9.58. The molecular formula is C33H47N5O2. The van der Waals surface area contributed by atoms with E-state index in [2.05, 4.69) is 47.2 Å². The summed E-state index contributed by atoms with van der Waals surface area (Å²) in [6.45, 7) is 14.3. The van der Waals surface area contributed by atoms with E-state index >= 15 is 0 Å². The first kappa shape index (κ1) is 28.6. The fraction of sp³-hybridized carbons (Fsp3) is 0.606. The van der Waals surface area contributed by atoms with Crippen LogP contribution >= 0.6 is 0 Å². The lowest BCUT2D eigenvalue weighted by atomic mass is 9.89. The van der Waals surface area contributed by atoms with Crippen LogP contribution < -0.4 is 10.2 Å². The molecule has 216 valence electrons. The number of carbonyl (C=O) groups is 2. The second-order valence-electron chi connectivity index (χ2n) is 12.5. The van der Waals surface area contributed by atoms with Crippen LogP contribution in [0.3, 0.4) is 0 Å². The normalized spacial score (nSPS) is 21.4. The zero-order valence-electron chi connectivity index (χ0n) is 24.9. The van der Waals surface area contributed by atoms with Gasteiger partial charge in [0.25, 0.3) is 5.91 Å². The molecule has 3 amide bonds. The zero-order valence-corrected chi connectivity index (χ0v) is 24.9. The number of pyridine rings is 1. The molecule has 40 heavy (non-hydrogen) atoms. The fourth-order valence-electron chi connectivity index (χ4n) is 7.03. The van der Waals surface area contributed by atoms with Gasteiger partial charge in [0.1, 0.15) is 0 Å². The summed E-state index contributed by atoms with van der Waals surface area (Å²) in [6.07, 6.45) is 9.06. The maximum absolute atomic E-state index is 13.4. The van der Waals surface area contributed by atoms with E-state index in [1.807, 2.05) is 29.7 Å². The number of fused-ring (bicyclic) bond motifs is 1. The van der Waals surface area contributed by atoms with Gasteiger partial charge in [-0.05, 0) is 106 Å². The van der Waals surface area contributed by atoms with Gasteiger partial charge in [-0.2, -0.15) is 0 Å². The molecule has 1 N–H and O–H groups in total. The highest BCUT2D eigenvalue weighted by Crippen LogP contribution is 2.32. The minimum absolute atomic E-state index is 0.0299. The zero-order chi connectivity index (χ0) is 28.2. The first-order valence-electron chi connectivity index (χ1n) is 15.4. The molecule has 3 fully saturated rings. The van der Waals surface area contributed by atoms with Crippen LogP contribution in [0, 0.1) is 45.4 Å². The molecule has 1 aromatic carbocycles. The van der Waals surface area contributed by atoms with Gasteiger partial charge in [-0.25, -0.2) is 4.79 Å². The number of benzene rings is 1. The molecule has 2 aliphatic heterocycles. The van der Waals surface area contributed by atoms with Crippen LogP contribution in [0.2, 0.25) is 0 Å². The van der Waals surface area contributed by atoms with Crippen molar-refractivity contribution in [3.63, 3.8) is 0 Å². The van der Waals surface area contributed by atoms with Gasteiger partial charge in [-0.3, -0.25) is 14.7 Å². The van der Waals surface area contributed by atoms with Gasteiger partial charge in [0.15, 0.2) is 0 Å². The number of nitrogens with zero attached hydrogens (tertiary/aromatic N) is 4. The van der Waals surface area contributed by atoms with Crippen LogP contribution in [0.4, 0.5) is 10.5 Å². The fourth-order valence-corrected chi connectivity index (χ4v) is 7.03. The lowest BCUT2D eigenvalue weighted by molar-refractivity contribution is 0.0772. The number of nitrogens with one attached hydrogen (secondary N) is 1. The van der Waals surface area contributed by atoms with E-state index in [0.717, 1.165) is 68.2 Å². The molecule has 2 aromatic rings. The van der Waals surface area contributed by atoms with Gasteiger partial charge in [0.05, 0.1) is 11.3 Å². The summed E-state index contributed by atoms with van der Waals surface area (Å²) in [5.74, 6) is 1.79. The van der Waals surface area contributed by atoms with E-state index in [0.29, 0.717) is 24.3 Å². The van der Waals surface area contributed by atoms with Crippen LogP contribution in [-0.4, -0.2) is 72.5 Å². The number of urea groups is 1. The average molecular weight is 546 g/mol. The molecule has 0 spiro atoms. The Morgan fingerprint density at radius 3 is 2.33 bits per heavy atom. The van der Waals surface area contributed by atoms with Crippen LogP contribution in [-0.2, 0) is 0 Å². The number of anilines is 1. The molecule has 1 aromatic heterocycles. The third-order valence-electron chi connectivity index (χ3n) is 9.58. The van der Waals surface area contributed by atoms with Crippen molar-refractivity contribution in [2.24, 2.45) is 17.8 Å². The quantitative estimate of drug-likeness (QED) is 0.475. The highest BCUT2D eigenvalue weighted by molar-refractivity contribution is 5.96.